The Kier molecular flexibility index (Phi) is 2.95. The first-order valence-corrected chi connectivity index (χ1v) is 5.48. The molecule has 0 aliphatic rings. The molecule has 1 aromatic carbocycles. The summed E-state index contributed by atoms with van der Waals surface area (Å²) in [5.74, 6) is 0.703. The van der Waals surface area contributed by atoms with Crippen molar-refractivity contribution >= 4 is 0 Å². The Hall–Kier alpha value is -1.77. The van der Waals surface area contributed by atoms with Crippen LogP contribution in [-0.2, 0) is 6.42 Å². The molecule has 82 valence electrons. The van der Waals surface area contributed by atoms with Crippen molar-refractivity contribution in [3.8, 4) is 11.4 Å². The number of benzene rings is 1. The molecule has 3 heteroatoms. The maximum Gasteiger partial charge on any atom is 0.181 e. The quantitative estimate of drug-likeness (QED) is 0.770. The van der Waals surface area contributed by atoms with Gasteiger partial charge >= 0.3 is 0 Å². The minimum Gasteiger partial charge on any atom is -0.230 e. The first-order chi connectivity index (χ1) is 7.70. The predicted octanol–water partition coefficient (Wildman–Crippen LogP) is 2.72. The van der Waals surface area contributed by atoms with Gasteiger partial charge in [0.15, 0.2) is 5.82 Å². The summed E-state index contributed by atoms with van der Waals surface area (Å²) in [6, 6.07) is 8.17. The summed E-state index contributed by atoms with van der Waals surface area (Å²) in [5.41, 5.74) is 4.19. The summed E-state index contributed by atoms with van der Waals surface area (Å²) in [7, 11) is 0. The second-order valence-electron chi connectivity index (χ2n) is 3.89. The van der Waals surface area contributed by atoms with Crippen LogP contribution in [0.2, 0.25) is 0 Å². The van der Waals surface area contributed by atoms with Gasteiger partial charge in [0.1, 0.15) is 0 Å². The summed E-state index contributed by atoms with van der Waals surface area (Å²) in [6.07, 6.45) is 0.875. The van der Waals surface area contributed by atoms with E-state index in [1.165, 1.54) is 5.56 Å². The fraction of sp³-hybridized carbons (Fsp3) is 0.308. The molecule has 0 radical (unpaired) electrons. The molecule has 3 nitrogen and oxygen atoms in total. The van der Waals surface area contributed by atoms with Gasteiger partial charge in [-0.25, -0.2) is 4.98 Å². The lowest BCUT2D eigenvalue weighted by Gasteiger charge is -2.03. The SMILES string of the molecule is CCc1nnc(-c2ccc(C)cc2)nc1C. The van der Waals surface area contributed by atoms with Crippen LogP contribution in [-0.4, -0.2) is 15.2 Å². The van der Waals surface area contributed by atoms with Gasteiger partial charge in [0.2, 0.25) is 0 Å². The molecule has 0 aliphatic heterocycles. The Morgan fingerprint density at radius 1 is 1.00 bits per heavy atom. The Morgan fingerprint density at radius 3 is 2.25 bits per heavy atom. The molecule has 0 unspecified atom stereocenters. The zero-order valence-electron chi connectivity index (χ0n) is 9.86. The van der Waals surface area contributed by atoms with Crippen LogP contribution in [0, 0.1) is 13.8 Å². The number of hydrogen-bond acceptors (Lipinski definition) is 3. The van der Waals surface area contributed by atoms with Gasteiger partial charge in [0.05, 0.1) is 11.4 Å². The average molecular weight is 213 g/mol. The van der Waals surface area contributed by atoms with E-state index in [4.69, 9.17) is 0 Å². The first-order valence-electron chi connectivity index (χ1n) is 5.48. The van der Waals surface area contributed by atoms with Crippen molar-refractivity contribution in [3.63, 3.8) is 0 Å². The third-order valence-electron chi connectivity index (χ3n) is 2.60. The van der Waals surface area contributed by atoms with E-state index in [9.17, 15) is 0 Å². The first kappa shape index (κ1) is 10.7. The van der Waals surface area contributed by atoms with Crippen LogP contribution in [0.15, 0.2) is 24.3 Å². The van der Waals surface area contributed by atoms with Gasteiger partial charge in [0, 0.05) is 5.56 Å². The molecule has 1 heterocycles. The molecule has 16 heavy (non-hydrogen) atoms. The highest BCUT2D eigenvalue weighted by Crippen LogP contribution is 2.15. The molecule has 0 N–H and O–H groups in total. The van der Waals surface area contributed by atoms with E-state index >= 15 is 0 Å². The lowest BCUT2D eigenvalue weighted by molar-refractivity contribution is 0.858. The molecule has 2 rings (SSSR count). The van der Waals surface area contributed by atoms with Crippen molar-refractivity contribution in [3.05, 3.63) is 41.2 Å². The second-order valence-corrected chi connectivity index (χ2v) is 3.89. The average Bonchev–Trinajstić information content (AvgIpc) is 2.30. The van der Waals surface area contributed by atoms with Crippen LogP contribution in [0.3, 0.4) is 0 Å². The van der Waals surface area contributed by atoms with Crippen molar-refractivity contribution in [2.24, 2.45) is 0 Å². The summed E-state index contributed by atoms with van der Waals surface area (Å²) >= 11 is 0. The minimum absolute atomic E-state index is 0.703. The maximum absolute atomic E-state index is 4.47. The molecular formula is C13H15N3. The Labute approximate surface area is 95.6 Å². The molecule has 2 aromatic rings. The fourth-order valence-corrected chi connectivity index (χ4v) is 1.58. The zero-order chi connectivity index (χ0) is 11.5. The highest BCUT2D eigenvalue weighted by atomic mass is 15.2. The third-order valence-corrected chi connectivity index (χ3v) is 2.60. The molecule has 0 bridgehead atoms. The van der Waals surface area contributed by atoms with E-state index in [-0.39, 0.29) is 0 Å². The summed E-state index contributed by atoms with van der Waals surface area (Å²) < 4.78 is 0. The lowest BCUT2D eigenvalue weighted by Crippen LogP contribution is -2.01. The normalized spacial score (nSPS) is 10.4. The largest absolute Gasteiger partial charge is 0.230 e. The molecular weight excluding hydrogens is 198 g/mol. The zero-order valence-corrected chi connectivity index (χ0v) is 9.86. The Balaban J connectivity index is 2.41. The molecule has 0 spiro atoms. The van der Waals surface area contributed by atoms with Gasteiger partial charge < -0.3 is 0 Å². The number of aromatic nitrogens is 3. The Morgan fingerprint density at radius 2 is 1.69 bits per heavy atom. The maximum atomic E-state index is 4.47. The van der Waals surface area contributed by atoms with E-state index in [2.05, 4.69) is 41.2 Å². The van der Waals surface area contributed by atoms with Crippen molar-refractivity contribution in [2.45, 2.75) is 27.2 Å². The third kappa shape index (κ3) is 2.08. The number of nitrogens with zero attached hydrogens (tertiary/aromatic N) is 3. The van der Waals surface area contributed by atoms with Crippen molar-refractivity contribution in [1.29, 1.82) is 0 Å². The molecule has 0 saturated heterocycles. The predicted molar refractivity (Wildman–Crippen MR) is 64.1 cm³/mol. The highest BCUT2D eigenvalue weighted by molar-refractivity contribution is 5.54. The van der Waals surface area contributed by atoms with E-state index in [1.807, 2.05) is 19.1 Å². The number of rotatable bonds is 2. The van der Waals surface area contributed by atoms with Gasteiger partial charge in [-0.15, -0.1) is 5.10 Å². The van der Waals surface area contributed by atoms with Gasteiger partial charge in [0.25, 0.3) is 0 Å². The van der Waals surface area contributed by atoms with Crippen LogP contribution in [0.4, 0.5) is 0 Å². The summed E-state index contributed by atoms with van der Waals surface area (Å²) in [5, 5.41) is 8.33. The van der Waals surface area contributed by atoms with Crippen LogP contribution >= 0.6 is 0 Å². The van der Waals surface area contributed by atoms with Gasteiger partial charge in [-0.05, 0) is 20.3 Å². The Bertz CT molecular complexity index is 489. The summed E-state index contributed by atoms with van der Waals surface area (Å²) in [4.78, 5) is 4.47. The van der Waals surface area contributed by atoms with Gasteiger partial charge in [-0.2, -0.15) is 5.10 Å². The van der Waals surface area contributed by atoms with Gasteiger partial charge in [-0.3, -0.25) is 0 Å². The smallest absolute Gasteiger partial charge is 0.181 e. The van der Waals surface area contributed by atoms with Crippen LogP contribution in [0.5, 0.6) is 0 Å². The highest BCUT2D eigenvalue weighted by Gasteiger charge is 2.05. The molecule has 0 fully saturated rings. The van der Waals surface area contributed by atoms with Crippen LogP contribution in [0.1, 0.15) is 23.9 Å². The topological polar surface area (TPSA) is 38.7 Å². The van der Waals surface area contributed by atoms with Crippen molar-refractivity contribution in [2.75, 3.05) is 0 Å². The van der Waals surface area contributed by atoms with E-state index in [0.29, 0.717) is 5.82 Å². The number of hydrogen-bond donors (Lipinski definition) is 0. The van der Waals surface area contributed by atoms with Gasteiger partial charge in [-0.1, -0.05) is 36.8 Å². The second kappa shape index (κ2) is 4.39. The van der Waals surface area contributed by atoms with E-state index in [1.54, 1.807) is 0 Å². The lowest BCUT2D eigenvalue weighted by atomic mass is 10.1. The fourth-order valence-electron chi connectivity index (χ4n) is 1.58. The molecule has 0 aliphatic carbocycles. The standard InChI is InChI=1S/C13H15N3/c1-4-12-10(3)14-13(16-15-12)11-7-5-9(2)6-8-11/h5-8H,4H2,1-3H3. The van der Waals surface area contributed by atoms with E-state index < -0.39 is 0 Å². The molecule has 0 amide bonds. The molecule has 1 aromatic heterocycles. The van der Waals surface area contributed by atoms with Crippen molar-refractivity contribution in [1.82, 2.24) is 15.2 Å². The van der Waals surface area contributed by atoms with Crippen LogP contribution in [0.25, 0.3) is 11.4 Å². The van der Waals surface area contributed by atoms with E-state index in [0.717, 1.165) is 23.4 Å². The molecule has 0 saturated carbocycles. The number of aryl methyl sites for hydroxylation is 3. The summed E-state index contributed by atoms with van der Waals surface area (Å²) in [6.45, 7) is 6.10. The molecule has 0 atom stereocenters. The minimum atomic E-state index is 0.703. The monoisotopic (exact) mass is 213 g/mol. The van der Waals surface area contributed by atoms with Crippen molar-refractivity contribution < 1.29 is 0 Å². The van der Waals surface area contributed by atoms with Crippen LogP contribution < -0.4 is 0 Å².